The van der Waals surface area contributed by atoms with Gasteiger partial charge in [0, 0.05) is 33.3 Å². The Morgan fingerprint density at radius 2 is 1.06 bits per heavy atom. The predicted octanol–water partition coefficient (Wildman–Crippen LogP) is 7.15. The topological polar surface area (TPSA) is 58.2 Å². The lowest BCUT2D eigenvalue weighted by Gasteiger charge is -2.39. The maximum atomic E-state index is 12.6. The Morgan fingerprint density at radius 1 is 0.686 bits per heavy atom. The Bertz CT molecular complexity index is 927. The summed E-state index contributed by atoms with van der Waals surface area (Å²) in [5.41, 5.74) is 1.33. The number of nitrogens with one attached hydrogen (secondary N) is 2. The van der Waals surface area contributed by atoms with Gasteiger partial charge in [-0.3, -0.25) is 9.59 Å². The zero-order chi connectivity index (χ0) is 24.9. The molecule has 0 aromatic heterocycles. The van der Waals surface area contributed by atoms with E-state index >= 15 is 0 Å². The molecule has 0 aliphatic heterocycles. The van der Waals surface area contributed by atoms with Crippen LogP contribution in [0.25, 0.3) is 0 Å². The van der Waals surface area contributed by atoms with Crippen molar-refractivity contribution in [1.29, 1.82) is 0 Å². The fourth-order valence-electron chi connectivity index (χ4n) is 6.05. The number of benzene rings is 2. The summed E-state index contributed by atoms with van der Waals surface area (Å²) in [7, 11) is 0. The number of hydrogen-bond acceptors (Lipinski definition) is 2. The summed E-state index contributed by atoms with van der Waals surface area (Å²) >= 11 is 11.9. The molecule has 2 amide bonds. The Kier molecular flexibility index (Phi) is 8.77. The molecule has 0 bridgehead atoms. The lowest BCUT2D eigenvalue weighted by molar-refractivity contribution is 0.0869. The van der Waals surface area contributed by atoms with Crippen molar-refractivity contribution in [2.75, 3.05) is 0 Å². The molecule has 2 aliphatic carbocycles. The first kappa shape index (κ1) is 26.0. The summed E-state index contributed by atoms with van der Waals surface area (Å²) in [4.78, 5) is 25.3. The van der Waals surface area contributed by atoms with Crippen LogP contribution in [0.15, 0.2) is 48.5 Å². The van der Waals surface area contributed by atoms with E-state index < -0.39 is 0 Å². The van der Waals surface area contributed by atoms with Gasteiger partial charge in [-0.1, -0.05) is 37.0 Å². The van der Waals surface area contributed by atoms with Crippen molar-refractivity contribution in [3.63, 3.8) is 0 Å². The molecule has 188 valence electrons. The second-order valence-electron chi connectivity index (χ2n) is 10.7. The van der Waals surface area contributed by atoms with Gasteiger partial charge in [0.15, 0.2) is 0 Å². The van der Waals surface area contributed by atoms with Gasteiger partial charge in [0.1, 0.15) is 0 Å². The van der Waals surface area contributed by atoms with Crippen molar-refractivity contribution in [3.05, 3.63) is 69.7 Å². The maximum absolute atomic E-state index is 12.6. The summed E-state index contributed by atoms with van der Waals surface area (Å²) in [6, 6.07) is 14.6. The molecular formula is C29H36Cl2N2O2. The number of carbonyl (C=O) groups is 2. The molecule has 2 aliphatic rings. The highest BCUT2D eigenvalue weighted by atomic mass is 35.5. The summed E-state index contributed by atoms with van der Waals surface area (Å²) in [5, 5.41) is 7.78. The highest BCUT2D eigenvalue weighted by Gasteiger charge is 2.33. The van der Waals surface area contributed by atoms with E-state index in [0.29, 0.717) is 44.8 Å². The van der Waals surface area contributed by atoms with Gasteiger partial charge in [0.05, 0.1) is 0 Å². The summed E-state index contributed by atoms with van der Waals surface area (Å²) in [6.45, 7) is 4.54. The van der Waals surface area contributed by atoms with Gasteiger partial charge in [-0.25, -0.2) is 0 Å². The monoisotopic (exact) mass is 514 g/mol. The van der Waals surface area contributed by atoms with E-state index in [9.17, 15) is 9.59 Å². The number of hydrogen-bond donors (Lipinski definition) is 2. The highest BCUT2D eigenvalue weighted by molar-refractivity contribution is 6.31. The number of carbonyl (C=O) groups excluding carboxylic acids is 2. The van der Waals surface area contributed by atoms with Crippen LogP contribution < -0.4 is 10.6 Å². The molecule has 0 radical (unpaired) electrons. The number of rotatable bonds is 6. The van der Waals surface area contributed by atoms with Gasteiger partial charge in [0.2, 0.25) is 0 Å². The molecule has 2 aromatic rings. The molecule has 2 aromatic carbocycles. The van der Waals surface area contributed by atoms with E-state index in [2.05, 4.69) is 24.5 Å². The molecule has 6 heteroatoms. The van der Waals surface area contributed by atoms with Gasteiger partial charge in [-0.2, -0.15) is 0 Å². The van der Waals surface area contributed by atoms with Gasteiger partial charge in [-0.15, -0.1) is 0 Å². The smallest absolute Gasteiger partial charge is 0.251 e. The number of halogens is 2. The second kappa shape index (κ2) is 11.8. The predicted molar refractivity (Wildman–Crippen MR) is 143 cm³/mol. The van der Waals surface area contributed by atoms with E-state index in [1.165, 1.54) is 6.42 Å². The maximum Gasteiger partial charge on any atom is 0.251 e. The molecule has 0 heterocycles. The molecule has 2 fully saturated rings. The largest absolute Gasteiger partial charge is 0.349 e. The average molecular weight is 516 g/mol. The minimum absolute atomic E-state index is 0.00948. The quantitative estimate of drug-likeness (QED) is 0.429. The summed E-state index contributed by atoms with van der Waals surface area (Å²) in [5.74, 6) is 2.35. The molecule has 0 unspecified atom stereocenters. The van der Waals surface area contributed by atoms with Crippen molar-refractivity contribution in [2.24, 2.45) is 23.7 Å². The van der Waals surface area contributed by atoms with Gasteiger partial charge >= 0.3 is 0 Å². The minimum Gasteiger partial charge on any atom is -0.349 e. The summed E-state index contributed by atoms with van der Waals surface area (Å²) in [6.07, 6.45) is 7.97. The molecule has 4 rings (SSSR count). The molecule has 0 saturated heterocycles. The average Bonchev–Trinajstić information content (AvgIpc) is 2.83. The van der Waals surface area contributed by atoms with E-state index in [4.69, 9.17) is 23.2 Å². The van der Waals surface area contributed by atoms with Crippen LogP contribution in [0.3, 0.4) is 0 Å². The highest BCUT2D eigenvalue weighted by Crippen LogP contribution is 2.39. The standard InChI is InChI=1S/C29H36Cl2N2O2/c1-18-15-20(3-13-26(18)32-28(34)22-5-9-24(30)10-6-22)17-21-4-14-27(19(2)16-21)33-29(35)23-7-11-25(31)12-8-23/h5-12,18-21,26-27H,3-4,13-17H2,1-2H3,(H,32,34)(H,33,35)/t18-,19+,20-,21+,26-,27-/m0/s1. The van der Waals surface area contributed by atoms with Gasteiger partial charge in [-0.05, 0) is 117 Å². The molecule has 6 atom stereocenters. The first-order valence-corrected chi connectivity index (χ1v) is 13.7. The van der Waals surface area contributed by atoms with Crippen molar-refractivity contribution < 1.29 is 9.59 Å². The Morgan fingerprint density at radius 3 is 1.40 bits per heavy atom. The normalized spacial score (nSPS) is 28.8. The SMILES string of the molecule is C[C@@H]1C[C@H](C[C@H]2CC[C@H](NC(=O)c3ccc(Cl)cc3)[C@@H](C)C2)CC[C@@H]1NC(=O)c1ccc(Cl)cc1. The van der Waals surface area contributed by atoms with Crippen molar-refractivity contribution in [1.82, 2.24) is 10.6 Å². The van der Waals surface area contributed by atoms with E-state index in [-0.39, 0.29) is 23.9 Å². The van der Waals surface area contributed by atoms with E-state index in [1.54, 1.807) is 48.5 Å². The second-order valence-corrected chi connectivity index (χ2v) is 11.6. The first-order chi connectivity index (χ1) is 16.8. The van der Waals surface area contributed by atoms with E-state index in [1.807, 2.05) is 0 Å². The van der Waals surface area contributed by atoms with Crippen LogP contribution in [0.2, 0.25) is 10.0 Å². The Hall–Kier alpha value is -2.04. The third kappa shape index (κ3) is 7.01. The third-order valence-electron chi connectivity index (χ3n) is 8.07. The van der Waals surface area contributed by atoms with E-state index in [0.717, 1.165) is 38.5 Å². The lowest BCUT2D eigenvalue weighted by Crippen LogP contribution is -2.44. The zero-order valence-electron chi connectivity index (χ0n) is 20.6. The van der Waals surface area contributed by atoms with Crippen LogP contribution in [-0.2, 0) is 0 Å². The van der Waals surface area contributed by atoms with Crippen LogP contribution in [0.5, 0.6) is 0 Å². The molecule has 0 spiro atoms. The first-order valence-electron chi connectivity index (χ1n) is 12.9. The summed E-state index contributed by atoms with van der Waals surface area (Å²) < 4.78 is 0. The van der Waals surface area contributed by atoms with Crippen molar-refractivity contribution >= 4 is 35.0 Å². The zero-order valence-corrected chi connectivity index (χ0v) is 22.1. The van der Waals surface area contributed by atoms with Crippen molar-refractivity contribution in [2.45, 2.75) is 70.9 Å². The molecule has 4 nitrogen and oxygen atoms in total. The molecule has 35 heavy (non-hydrogen) atoms. The van der Waals surface area contributed by atoms with Crippen LogP contribution in [0.4, 0.5) is 0 Å². The fraction of sp³-hybridized carbons (Fsp3) is 0.517. The molecule has 2 N–H and O–H groups in total. The number of amides is 2. The Balaban J connectivity index is 1.21. The molecular weight excluding hydrogens is 479 g/mol. The van der Waals surface area contributed by atoms with Crippen molar-refractivity contribution in [3.8, 4) is 0 Å². The van der Waals surface area contributed by atoms with Crippen LogP contribution in [-0.4, -0.2) is 23.9 Å². The van der Waals surface area contributed by atoms with Gasteiger partial charge < -0.3 is 10.6 Å². The minimum atomic E-state index is -0.00948. The van der Waals surface area contributed by atoms with Gasteiger partial charge in [0.25, 0.3) is 11.8 Å². The van der Waals surface area contributed by atoms with Crippen LogP contribution >= 0.6 is 23.2 Å². The van der Waals surface area contributed by atoms with Crippen LogP contribution in [0.1, 0.15) is 79.5 Å². The Labute approximate surface area is 219 Å². The molecule has 2 saturated carbocycles. The van der Waals surface area contributed by atoms with Crippen LogP contribution in [0, 0.1) is 23.7 Å². The lowest BCUT2D eigenvalue weighted by atomic mass is 9.70. The third-order valence-corrected chi connectivity index (χ3v) is 8.57. The fourth-order valence-corrected chi connectivity index (χ4v) is 6.30.